The minimum Gasteiger partial charge on any atom is -0.373 e. The number of aliphatic imine (C=N–C) groups is 1. The Morgan fingerprint density at radius 2 is 2.29 bits per heavy atom. The van der Waals surface area contributed by atoms with Crippen LogP contribution < -0.4 is 10.6 Å². The van der Waals surface area contributed by atoms with Gasteiger partial charge in [-0.3, -0.25) is 4.99 Å². The summed E-state index contributed by atoms with van der Waals surface area (Å²) in [5.41, 5.74) is -0.0170. The summed E-state index contributed by atoms with van der Waals surface area (Å²) in [6.07, 6.45) is 5.59. The monoisotopic (exact) mass is 259 g/mol. The largest absolute Gasteiger partial charge is 0.373 e. The molecule has 5 heteroatoms. The van der Waals surface area contributed by atoms with Crippen molar-refractivity contribution >= 4 is 17.7 Å². The first-order valence-electron chi connectivity index (χ1n) is 6.27. The maximum atomic E-state index is 5.73. The standard InChI is InChI=1S/C12H25N3OS/c1-12(6-4-8-16-12)10-15-11(13-2)14-7-5-9-17-3/h4-10H2,1-3H3,(H2,13,14,15). The summed E-state index contributed by atoms with van der Waals surface area (Å²) in [5, 5.41) is 6.65. The molecule has 1 unspecified atom stereocenters. The zero-order valence-electron chi connectivity index (χ0n) is 11.2. The molecule has 1 heterocycles. The van der Waals surface area contributed by atoms with E-state index in [9.17, 15) is 0 Å². The lowest BCUT2D eigenvalue weighted by Crippen LogP contribution is -2.45. The zero-order valence-corrected chi connectivity index (χ0v) is 12.0. The van der Waals surface area contributed by atoms with E-state index in [4.69, 9.17) is 4.74 Å². The molecule has 1 fully saturated rings. The van der Waals surface area contributed by atoms with Crippen LogP contribution in [-0.4, -0.2) is 50.3 Å². The van der Waals surface area contributed by atoms with Gasteiger partial charge < -0.3 is 15.4 Å². The van der Waals surface area contributed by atoms with E-state index in [1.807, 2.05) is 18.8 Å². The number of ether oxygens (including phenoxy) is 1. The van der Waals surface area contributed by atoms with Gasteiger partial charge in [0.25, 0.3) is 0 Å². The van der Waals surface area contributed by atoms with Crippen molar-refractivity contribution in [3.05, 3.63) is 0 Å². The molecule has 2 N–H and O–H groups in total. The van der Waals surface area contributed by atoms with Gasteiger partial charge in [-0.2, -0.15) is 11.8 Å². The van der Waals surface area contributed by atoms with Gasteiger partial charge in [-0.25, -0.2) is 0 Å². The Balaban J connectivity index is 2.18. The number of hydrogen-bond donors (Lipinski definition) is 2. The van der Waals surface area contributed by atoms with Crippen LogP contribution in [0.2, 0.25) is 0 Å². The Morgan fingerprint density at radius 3 is 2.88 bits per heavy atom. The third kappa shape index (κ3) is 5.64. The van der Waals surface area contributed by atoms with E-state index in [0.717, 1.165) is 44.9 Å². The van der Waals surface area contributed by atoms with Gasteiger partial charge in [-0.15, -0.1) is 0 Å². The van der Waals surface area contributed by atoms with Crippen molar-refractivity contribution in [1.82, 2.24) is 10.6 Å². The maximum Gasteiger partial charge on any atom is 0.191 e. The van der Waals surface area contributed by atoms with Crippen LogP contribution in [-0.2, 0) is 4.74 Å². The van der Waals surface area contributed by atoms with Crippen molar-refractivity contribution in [3.8, 4) is 0 Å². The van der Waals surface area contributed by atoms with E-state index in [-0.39, 0.29) is 5.60 Å². The highest BCUT2D eigenvalue weighted by Crippen LogP contribution is 2.23. The van der Waals surface area contributed by atoms with Crippen molar-refractivity contribution in [2.45, 2.75) is 31.8 Å². The minimum atomic E-state index is -0.0170. The Labute approximate surface area is 109 Å². The molecule has 0 amide bonds. The van der Waals surface area contributed by atoms with Crippen LogP contribution in [0.25, 0.3) is 0 Å². The number of rotatable bonds is 6. The molecule has 0 aliphatic carbocycles. The summed E-state index contributed by atoms with van der Waals surface area (Å²) in [4.78, 5) is 4.21. The topological polar surface area (TPSA) is 45.7 Å². The predicted octanol–water partition coefficient (Wildman–Crippen LogP) is 1.47. The van der Waals surface area contributed by atoms with Crippen LogP contribution in [0.1, 0.15) is 26.2 Å². The maximum absolute atomic E-state index is 5.73. The Kier molecular flexibility index (Phi) is 6.73. The molecule has 0 aromatic carbocycles. The van der Waals surface area contributed by atoms with Gasteiger partial charge in [0, 0.05) is 26.7 Å². The second-order valence-electron chi connectivity index (χ2n) is 4.60. The lowest BCUT2D eigenvalue weighted by Gasteiger charge is -2.24. The molecular weight excluding hydrogens is 234 g/mol. The van der Waals surface area contributed by atoms with Gasteiger partial charge >= 0.3 is 0 Å². The van der Waals surface area contributed by atoms with Crippen molar-refractivity contribution in [2.24, 2.45) is 4.99 Å². The van der Waals surface area contributed by atoms with Gasteiger partial charge in [0.2, 0.25) is 0 Å². The quantitative estimate of drug-likeness (QED) is 0.431. The Morgan fingerprint density at radius 1 is 1.47 bits per heavy atom. The summed E-state index contributed by atoms with van der Waals surface area (Å²) in [5.74, 6) is 2.06. The number of nitrogens with one attached hydrogen (secondary N) is 2. The lowest BCUT2D eigenvalue weighted by atomic mass is 10.0. The van der Waals surface area contributed by atoms with Gasteiger partial charge in [-0.05, 0) is 38.2 Å². The van der Waals surface area contributed by atoms with Crippen LogP contribution in [0.5, 0.6) is 0 Å². The lowest BCUT2D eigenvalue weighted by molar-refractivity contribution is 0.0243. The van der Waals surface area contributed by atoms with E-state index in [1.165, 1.54) is 5.75 Å². The van der Waals surface area contributed by atoms with Crippen LogP contribution in [0.4, 0.5) is 0 Å². The molecule has 1 aliphatic rings. The normalized spacial score (nSPS) is 25.0. The fourth-order valence-corrected chi connectivity index (χ4v) is 2.32. The summed E-state index contributed by atoms with van der Waals surface area (Å²) < 4.78 is 5.73. The molecule has 1 saturated heterocycles. The van der Waals surface area contributed by atoms with E-state index in [2.05, 4.69) is 28.8 Å². The minimum absolute atomic E-state index is 0.0170. The molecule has 0 aromatic rings. The molecule has 1 rings (SSSR count). The number of thioether (sulfide) groups is 1. The third-order valence-corrected chi connectivity index (χ3v) is 3.67. The van der Waals surface area contributed by atoms with E-state index < -0.39 is 0 Å². The van der Waals surface area contributed by atoms with Crippen molar-refractivity contribution in [3.63, 3.8) is 0 Å². The second-order valence-corrected chi connectivity index (χ2v) is 5.59. The highest BCUT2D eigenvalue weighted by molar-refractivity contribution is 7.98. The van der Waals surface area contributed by atoms with Gasteiger partial charge in [0.1, 0.15) is 0 Å². The van der Waals surface area contributed by atoms with Gasteiger partial charge in [-0.1, -0.05) is 0 Å². The second kappa shape index (κ2) is 7.82. The van der Waals surface area contributed by atoms with Crippen LogP contribution in [0.3, 0.4) is 0 Å². The number of guanidine groups is 1. The molecule has 0 aromatic heterocycles. The summed E-state index contributed by atoms with van der Waals surface area (Å²) >= 11 is 1.87. The Bertz CT molecular complexity index is 240. The first-order valence-corrected chi connectivity index (χ1v) is 7.67. The zero-order chi connectivity index (χ0) is 12.6. The highest BCUT2D eigenvalue weighted by atomic mass is 32.2. The van der Waals surface area contributed by atoms with E-state index in [0.29, 0.717) is 0 Å². The third-order valence-electron chi connectivity index (χ3n) is 2.97. The van der Waals surface area contributed by atoms with Crippen LogP contribution in [0.15, 0.2) is 4.99 Å². The fourth-order valence-electron chi connectivity index (χ4n) is 1.89. The first kappa shape index (κ1) is 14.6. The molecule has 100 valence electrons. The van der Waals surface area contributed by atoms with Gasteiger partial charge in [0.05, 0.1) is 5.60 Å². The summed E-state index contributed by atoms with van der Waals surface area (Å²) in [6.45, 7) is 4.85. The molecule has 1 aliphatic heterocycles. The molecule has 17 heavy (non-hydrogen) atoms. The van der Waals surface area contributed by atoms with Crippen molar-refractivity contribution in [2.75, 3.05) is 38.8 Å². The van der Waals surface area contributed by atoms with Gasteiger partial charge in [0.15, 0.2) is 5.96 Å². The average Bonchev–Trinajstić information content (AvgIpc) is 2.76. The number of hydrogen-bond acceptors (Lipinski definition) is 3. The van der Waals surface area contributed by atoms with E-state index >= 15 is 0 Å². The molecular formula is C12H25N3OS. The molecule has 0 spiro atoms. The Hall–Kier alpha value is -0.420. The highest BCUT2D eigenvalue weighted by Gasteiger charge is 2.29. The van der Waals surface area contributed by atoms with Crippen molar-refractivity contribution in [1.29, 1.82) is 0 Å². The molecule has 0 radical (unpaired) electrons. The molecule has 0 saturated carbocycles. The predicted molar refractivity (Wildman–Crippen MR) is 76.0 cm³/mol. The van der Waals surface area contributed by atoms with Crippen molar-refractivity contribution < 1.29 is 4.74 Å². The first-order chi connectivity index (χ1) is 8.20. The smallest absolute Gasteiger partial charge is 0.191 e. The number of nitrogens with zero attached hydrogens (tertiary/aromatic N) is 1. The molecule has 1 atom stereocenters. The molecule has 0 bridgehead atoms. The molecule has 4 nitrogen and oxygen atoms in total. The average molecular weight is 259 g/mol. The summed E-state index contributed by atoms with van der Waals surface area (Å²) in [7, 11) is 1.81. The van der Waals surface area contributed by atoms with Crippen LogP contribution in [0, 0.1) is 0 Å². The SMILES string of the molecule is CN=C(NCCCSC)NCC1(C)CCCO1. The summed E-state index contributed by atoms with van der Waals surface area (Å²) in [6, 6.07) is 0. The van der Waals surface area contributed by atoms with Crippen LogP contribution >= 0.6 is 11.8 Å². The fraction of sp³-hybridized carbons (Fsp3) is 0.917. The van der Waals surface area contributed by atoms with E-state index in [1.54, 1.807) is 0 Å².